The molecule has 1 aliphatic carbocycles. The summed E-state index contributed by atoms with van der Waals surface area (Å²) in [5.74, 6) is 0.459. The first kappa shape index (κ1) is 48.6. The molecular formula is C44H66N6O8S2. The summed E-state index contributed by atoms with van der Waals surface area (Å²) in [4.78, 5) is 74.8. The van der Waals surface area contributed by atoms with Crippen molar-refractivity contribution in [2.24, 2.45) is 11.8 Å². The molecule has 0 radical (unpaired) electrons. The summed E-state index contributed by atoms with van der Waals surface area (Å²) in [6.07, 6.45) is 5.60. The lowest BCUT2D eigenvalue weighted by atomic mass is 9.83. The zero-order valence-corrected chi connectivity index (χ0v) is 37.9. The van der Waals surface area contributed by atoms with E-state index >= 15 is 0 Å². The van der Waals surface area contributed by atoms with Crippen molar-refractivity contribution in [3.63, 3.8) is 0 Å². The van der Waals surface area contributed by atoms with Crippen molar-refractivity contribution in [3.05, 3.63) is 59.9 Å². The number of ether oxygens (including phenoxy) is 2. The Morgan fingerprint density at radius 2 is 1.62 bits per heavy atom. The van der Waals surface area contributed by atoms with Crippen molar-refractivity contribution < 1.29 is 38.6 Å². The van der Waals surface area contributed by atoms with E-state index in [-0.39, 0.29) is 41.7 Å². The van der Waals surface area contributed by atoms with Crippen LogP contribution in [0.3, 0.4) is 0 Å². The molecule has 60 heavy (non-hydrogen) atoms. The van der Waals surface area contributed by atoms with E-state index in [2.05, 4.69) is 26.3 Å². The van der Waals surface area contributed by atoms with Crippen LogP contribution in [0.4, 0.5) is 4.79 Å². The molecule has 1 saturated heterocycles. The van der Waals surface area contributed by atoms with Gasteiger partial charge < -0.3 is 40.7 Å². The number of alkyl carbamates (subject to hydrolysis) is 1. The number of likely N-dealkylation sites (N-methyl/N-ethyl adjacent to an activating group) is 1. The van der Waals surface area contributed by atoms with Crippen molar-refractivity contribution in [1.82, 2.24) is 31.2 Å². The van der Waals surface area contributed by atoms with Gasteiger partial charge in [0.25, 0.3) is 0 Å². The van der Waals surface area contributed by atoms with Crippen LogP contribution < -0.4 is 26.0 Å². The SMILES string of the molecule is CCC(C)C(C(=O)NCc1ccccn1)N(C)C(=O)CC(O)C(CC1CCCCC1)NC(=O)C(NC(=O)C(Cc1ccc(OC)cc1)NC(=O)OC(C)(C)C)C1SCCS1. The standard InChI is InChI=1S/C44H66N6O8S2/c1-8-28(2)38(41(55)46-27-31-16-12-13-21-45-31)50(6)36(52)26-35(51)33(24-29-14-10-9-11-15-29)47-40(54)37(42-59-22-23-60-42)49-39(53)34(48-43(56)58-44(3,4)5)25-30-17-19-32(57-7)20-18-30/h12-13,16-21,28-29,33-35,37-38,42,51H,8-11,14-15,22-27H2,1-7H3,(H,46,55)(H,47,54)(H,48,56)(H,49,53). The number of pyridine rings is 1. The third-order valence-corrected chi connectivity index (χ3v) is 14.2. The normalized spacial score (nSPS) is 17.9. The van der Waals surface area contributed by atoms with Crippen LogP contribution in [0, 0.1) is 11.8 Å². The van der Waals surface area contributed by atoms with Gasteiger partial charge in [-0.25, -0.2) is 4.79 Å². The Balaban J connectivity index is 1.53. The zero-order valence-electron chi connectivity index (χ0n) is 36.2. The number of nitrogens with one attached hydrogen (secondary N) is 4. The number of aromatic nitrogens is 1. The first-order chi connectivity index (χ1) is 28.6. The molecule has 0 spiro atoms. The number of rotatable bonds is 20. The van der Waals surface area contributed by atoms with E-state index in [1.165, 1.54) is 4.90 Å². The number of thioether (sulfide) groups is 2. The third kappa shape index (κ3) is 15.5. The number of amides is 5. The van der Waals surface area contributed by atoms with Crippen molar-refractivity contribution in [1.29, 1.82) is 0 Å². The van der Waals surface area contributed by atoms with Gasteiger partial charge in [-0.05, 0) is 68.9 Å². The Labute approximate surface area is 364 Å². The van der Waals surface area contributed by atoms with Gasteiger partial charge in [0.05, 0.1) is 42.5 Å². The van der Waals surface area contributed by atoms with Gasteiger partial charge >= 0.3 is 6.09 Å². The van der Waals surface area contributed by atoms with Gasteiger partial charge in [-0.3, -0.25) is 24.2 Å². The van der Waals surface area contributed by atoms with Gasteiger partial charge in [-0.1, -0.05) is 70.6 Å². The lowest BCUT2D eigenvalue weighted by Crippen LogP contribution is -2.59. The molecule has 5 N–H and O–H groups in total. The molecule has 1 saturated carbocycles. The van der Waals surface area contributed by atoms with Crippen LogP contribution in [0.5, 0.6) is 5.75 Å². The van der Waals surface area contributed by atoms with E-state index in [0.29, 0.717) is 24.3 Å². The highest BCUT2D eigenvalue weighted by Crippen LogP contribution is 2.35. The fourth-order valence-corrected chi connectivity index (χ4v) is 10.5. The highest BCUT2D eigenvalue weighted by molar-refractivity contribution is 8.20. The number of aliphatic hydroxyl groups excluding tert-OH is 1. The number of hydrogen-bond acceptors (Lipinski definition) is 11. The summed E-state index contributed by atoms with van der Waals surface area (Å²) in [5.41, 5.74) is 0.635. The molecule has 1 aromatic heterocycles. The van der Waals surface area contributed by atoms with Crippen molar-refractivity contribution >= 4 is 53.2 Å². The van der Waals surface area contributed by atoms with Crippen LogP contribution in [-0.4, -0.2) is 111 Å². The Morgan fingerprint density at radius 1 is 0.933 bits per heavy atom. The molecule has 1 aromatic carbocycles. The van der Waals surface area contributed by atoms with Gasteiger partial charge in [0.15, 0.2) is 0 Å². The minimum absolute atomic E-state index is 0.117. The molecule has 4 rings (SSSR count). The van der Waals surface area contributed by atoms with Crippen LogP contribution in [0.25, 0.3) is 0 Å². The highest BCUT2D eigenvalue weighted by Gasteiger charge is 2.39. The smallest absolute Gasteiger partial charge is 0.408 e. The molecule has 332 valence electrons. The average molecular weight is 871 g/mol. The van der Waals surface area contributed by atoms with Crippen LogP contribution >= 0.6 is 23.5 Å². The summed E-state index contributed by atoms with van der Waals surface area (Å²) < 4.78 is 10.5. The predicted molar refractivity (Wildman–Crippen MR) is 236 cm³/mol. The van der Waals surface area contributed by atoms with Crippen molar-refractivity contribution in [2.45, 2.75) is 139 Å². The van der Waals surface area contributed by atoms with Gasteiger partial charge in [-0.2, -0.15) is 0 Å². The second-order valence-electron chi connectivity index (χ2n) is 16.8. The Kier molecular flexibility index (Phi) is 19.3. The molecule has 0 bridgehead atoms. The van der Waals surface area contributed by atoms with Crippen LogP contribution in [-0.2, 0) is 36.9 Å². The summed E-state index contributed by atoms with van der Waals surface area (Å²) in [7, 11) is 3.14. The fraction of sp³-hybridized carbons (Fsp3) is 0.636. The van der Waals surface area contributed by atoms with Crippen molar-refractivity contribution in [2.75, 3.05) is 25.7 Å². The van der Waals surface area contributed by atoms with Gasteiger partial charge in [0.1, 0.15) is 29.5 Å². The average Bonchev–Trinajstić information content (AvgIpc) is 3.76. The lowest BCUT2D eigenvalue weighted by molar-refractivity contribution is -0.143. The molecule has 6 unspecified atom stereocenters. The summed E-state index contributed by atoms with van der Waals surface area (Å²) in [6.45, 7) is 9.27. The van der Waals surface area contributed by atoms with Gasteiger partial charge in [0.2, 0.25) is 23.6 Å². The first-order valence-corrected chi connectivity index (χ1v) is 23.3. The molecule has 2 heterocycles. The number of carbonyl (C=O) groups is 5. The molecule has 1 aliphatic heterocycles. The maximum atomic E-state index is 14.5. The van der Waals surface area contributed by atoms with Crippen LogP contribution in [0.1, 0.15) is 97.2 Å². The van der Waals surface area contributed by atoms with E-state index < -0.39 is 59.7 Å². The Morgan fingerprint density at radius 3 is 2.22 bits per heavy atom. The first-order valence-electron chi connectivity index (χ1n) is 21.2. The fourth-order valence-electron chi connectivity index (χ4n) is 7.55. The molecule has 2 fully saturated rings. The molecule has 16 heteroatoms. The summed E-state index contributed by atoms with van der Waals surface area (Å²) in [5, 5.41) is 23.5. The summed E-state index contributed by atoms with van der Waals surface area (Å²) in [6, 6.07) is 8.89. The molecule has 14 nitrogen and oxygen atoms in total. The highest BCUT2D eigenvalue weighted by atomic mass is 32.2. The molecule has 6 atom stereocenters. The lowest BCUT2D eigenvalue weighted by Gasteiger charge is -2.35. The van der Waals surface area contributed by atoms with Crippen LogP contribution in [0.2, 0.25) is 0 Å². The predicted octanol–water partition coefficient (Wildman–Crippen LogP) is 5.21. The third-order valence-electron chi connectivity index (χ3n) is 11.0. The largest absolute Gasteiger partial charge is 0.497 e. The minimum atomic E-state index is -1.27. The monoisotopic (exact) mass is 870 g/mol. The van der Waals surface area contributed by atoms with E-state index in [1.54, 1.807) is 95.0 Å². The summed E-state index contributed by atoms with van der Waals surface area (Å²) >= 11 is 3.12. The van der Waals surface area contributed by atoms with E-state index in [4.69, 9.17) is 9.47 Å². The van der Waals surface area contributed by atoms with Gasteiger partial charge in [-0.15, -0.1) is 23.5 Å². The zero-order chi connectivity index (χ0) is 43.8. The number of benzene rings is 1. The topological polar surface area (TPSA) is 188 Å². The quantitative estimate of drug-likeness (QED) is 0.118. The minimum Gasteiger partial charge on any atom is -0.497 e. The van der Waals surface area contributed by atoms with Crippen molar-refractivity contribution in [3.8, 4) is 5.75 Å². The maximum absolute atomic E-state index is 14.5. The number of nitrogens with zero attached hydrogens (tertiary/aromatic N) is 2. The Hall–Kier alpha value is -4.02. The second kappa shape index (κ2) is 23.8. The van der Waals surface area contributed by atoms with E-state index in [9.17, 15) is 29.1 Å². The molecule has 2 aliphatic rings. The number of aliphatic hydroxyl groups is 1. The number of hydrogen-bond donors (Lipinski definition) is 5. The number of methoxy groups -OCH3 is 1. The molecule has 2 aromatic rings. The van der Waals surface area contributed by atoms with Crippen LogP contribution in [0.15, 0.2) is 48.7 Å². The van der Waals surface area contributed by atoms with E-state index in [0.717, 1.165) is 49.2 Å². The Bertz CT molecular complexity index is 1690. The van der Waals surface area contributed by atoms with Gasteiger partial charge in [0, 0.05) is 31.2 Å². The molecule has 5 amide bonds. The molecular weight excluding hydrogens is 805 g/mol. The maximum Gasteiger partial charge on any atom is 0.408 e. The van der Waals surface area contributed by atoms with E-state index in [1.807, 2.05) is 26.0 Å². The number of carbonyl (C=O) groups excluding carboxylic acids is 5. The second-order valence-corrected chi connectivity index (χ2v) is 19.6.